The molecule has 216 valence electrons. The van der Waals surface area contributed by atoms with Crippen LogP contribution in [0.1, 0.15) is 60.6 Å². The van der Waals surface area contributed by atoms with Gasteiger partial charge in [0.05, 0.1) is 40.7 Å². The van der Waals surface area contributed by atoms with E-state index in [-0.39, 0.29) is 12.0 Å². The largest absolute Gasteiger partial charge is 0.381 e. The number of hydrogen-bond acceptors (Lipinski definition) is 6. The molecule has 4 fully saturated rings. The van der Waals surface area contributed by atoms with Crippen molar-refractivity contribution >= 4 is 46.7 Å². The van der Waals surface area contributed by atoms with Crippen molar-refractivity contribution in [3.05, 3.63) is 70.0 Å². The number of anilines is 1. The monoisotopic (exact) mass is 612 g/mol. The average molecular weight is 614 g/mol. The quantitative estimate of drug-likeness (QED) is 0.264. The second kappa shape index (κ2) is 11.8. The molecule has 4 aliphatic rings. The maximum absolute atomic E-state index is 12.7. The number of carbonyl (C=O) groups excluding carboxylic acids is 1. The first-order valence-electron chi connectivity index (χ1n) is 14.6. The Morgan fingerprint density at radius 2 is 1.78 bits per heavy atom. The third kappa shape index (κ3) is 5.74. The van der Waals surface area contributed by atoms with Crippen LogP contribution < -0.4 is 9.62 Å². The van der Waals surface area contributed by atoms with Gasteiger partial charge < -0.3 is 14.4 Å². The van der Waals surface area contributed by atoms with Gasteiger partial charge in [0.2, 0.25) is 0 Å². The van der Waals surface area contributed by atoms with Crippen molar-refractivity contribution in [2.45, 2.75) is 68.6 Å². The number of benzene rings is 2. The van der Waals surface area contributed by atoms with Gasteiger partial charge >= 0.3 is 0 Å². The van der Waals surface area contributed by atoms with Crippen molar-refractivity contribution in [3.63, 3.8) is 0 Å². The Bertz CT molecular complexity index is 1390. The standard InChI is InChI=1S/C31H34Cl2N4O3S/c32-26-2-1-3-27(33)30(26)25-16-34-37(22-8-9-22)28(25)18-40-29-15-23-14-20(29)17-36(23)21-6-4-19(5-7-21)31(38)35-41-24-10-12-39-13-11-24/h1-7,16,20,22-24,29H,8-15,17-18H2,(H,35,38). The Hall–Kier alpha value is -2.23. The molecular formula is C31H34Cl2N4O3S. The van der Waals surface area contributed by atoms with E-state index in [4.69, 9.17) is 37.8 Å². The molecule has 1 N–H and O–H groups in total. The van der Waals surface area contributed by atoms with Crippen molar-refractivity contribution in [2.75, 3.05) is 24.7 Å². The van der Waals surface area contributed by atoms with Crippen LogP contribution in [0.4, 0.5) is 5.69 Å². The maximum atomic E-state index is 12.7. The number of amides is 1. The van der Waals surface area contributed by atoms with Crippen molar-refractivity contribution < 1.29 is 14.3 Å². The molecule has 3 aromatic rings. The molecular weight excluding hydrogens is 579 g/mol. The smallest absolute Gasteiger partial charge is 0.261 e. The zero-order chi connectivity index (χ0) is 27.9. The highest BCUT2D eigenvalue weighted by Crippen LogP contribution is 2.44. The topological polar surface area (TPSA) is 68.6 Å². The first kappa shape index (κ1) is 27.6. The SMILES string of the molecule is O=C(NSC1CCOCC1)c1ccc(N2CC3CC2CC3OCc2c(-c3c(Cl)cccc3Cl)cnn2C2CC2)cc1. The molecule has 3 atom stereocenters. The van der Waals surface area contributed by atoms with Crippen LogP contribution in [0.15, 0.2) is 48.7 Å². The minimum absolute atomic E-state index is 0.0349. The lowest BCUT2D eigenvalue weighted by Gasteiger charge is -2.33. The molecule has 2 aliphatic carbocycles. The predicted molar refractivity (Wildman–Crippen MR) is 164 cm³/mol. The molecule has 0 radical (unpaired) electrons. The molecule has 1 aromatic heterocycles. The number of fused-ring (bicyclic) bond motifs is 2. The fourth-order valence-corrected chi connectivity index (χ4v) is 7.96. The predicted octanol–water partition coefficient (Wildman–Crippen LogP) is 6.93. The van der Waals surface area contributed by atoms with Gasteiger partial charge in [0.25, 0.3) is 5.91 Å². The van der Waals surface area contributed by atoms with Crippen LogP contribution in [-0.4, -0.2) is 52.8 Å². The number of carbonyl (C=O) groups is 1. The first-order valence-corrected chi connectivity index (χ1v) is 16.2. The molecule has 3 heterocycles. The number of hydrogen-bond donors (Lipinski definition) is 1. The number of nitrogens with one attached hydrogen (secondary N) is 1. The summed E-state index contributed by atoms with van der Waals surface area (Å²) in [6.45, 7) is 3.01. The van der Waals surface area contributed by atoms with Crippen molar-refractivity contribution in [1.29, 1.82) is 0 Å². The van der Waals surface area contributed by atoms with Gasteiger partial charge in [-0.3, -0.25) is 14.2 Å². The summed E-state index contributed by atoms with van der Waals surface area (Å²) >= 11 is 14.7. The summed E-state index contributed by atoms with van der Waals surface area (Å²) in [6, 6.07) is 14.5. The van der Waals surface area contributed by atoms with E-state index >= 15 is 0 Å². The van der Waals surface area contributed by atoms with Gasteiger partial charge in [-0.05, 0) is 86.9 Å². The minimum Gasteiger partial charge on any atom is -0.381 e. The molecule has 7 rings (SSSR count). The highest BCUT2D eigenvalue weighted by Gasteiger charge is 2.45. The molecule has 10 heteroatoms. The van der Waals surface area contributed by atoms with Crippen molar-refractivity contribution in [3.8, 4) is 11.1 Å². The number of halogens is 2. The minimum atomic E-state index is -0.0349. The Morgan fingerprint density at radius 1 is 1.02 bits per heavy atom. The lowest BCUT2D eigenvalue weighted by molar-refractivity contribution is 0.00958. The summed E-state index contributed by atoms with van der Waals surface area (Å²) in [6.07, 6.45) is 8.46. The van der Waals surface area contributed by atoms with Crippen LogP contribution in [0, 0.1) is 5.92 Å². The van der Waals surface area contributed by atoms with E-state index in [1.165, 1.54) is 17.6 Å². The van der Waals surface area contributed by atoms with Crippen molar-refractivity contribution in [2.24, 2.45) is 5.92 Å². The Kier molecular flexibility index (Phi) is 7.95. The summed E-state index contributed by atoms with van der Waals surface area (Å²) in [7, 11) is 0. The fourth-order valence-electron chi connectivity index (χ4n) is 6.54. The lowest BCUT2D eigenvalue weighted by Crippen LogP contribution is -2.38. The second-order valence-electron chi connectivity index (χ2n) is 11.6. The van der Waals surface area contributed by atoms with E-state index in [9.17, 15) is 4.79 Å². The summed E-state index contributed by atoms with van der Waals surface area (Å²) in [5, 5.41) is 6.40. The molecule has 2 bridgehead atoms. The first-order chi connectivity index (χ1) is 20.0. The van der Waals surface area contributed by atoms with Gasteiger partial charge in [-0.2, -0.15) is 5.10 Å². The molecule has 2 aromatic carbocycles. The molecule has 2 saturated carbocycles. The summed E-state index contributed by atoms with van der Waals surface area (Å²) in [5.41, 5.74) is 4.73. The normalized spacial score (nSPS) is 24.2. The molecule has 3 unspecified atom stereocenters. The molecule has 41 heavy (non-hydrogen) atoms. The maximum Gasteiger partial charge on any atom is 0.261 e. The van der Waals surface area contributed by atoms with E-state index in [1.807, 2.05) is 36.5 Å². The van der Waals surface area contributed by atoms with E-state index < -0.39 is 0 Å². The Labute approximate surface area is 255 Å². The zero-order valence-electron chi connectivity index (χ0n) is 22.8. The fraction of sp³-hybridized carbons (Fsp3) is 0.484. The third-order valence-electron chi connectivity index (χ3n) is 8.88. The lowest BCUT2D eigenvalue weighted by atomic mass is 10.0. The van der Waals surface area contributed by atoms with E-state index in [2.05, 4.69) is 26.4 Å². The number of aromatic nitrogens is 2. The van der Waals surface area contributed by atoms with Crippen molar-refractivity contribution in [1.82, 2.24) is 14.5 Å². The van der Waals surface area contributed by atoms with Gasteiger partial charge in [-0.1, -0.05) is 29.3 Å². The molecule has 7 nitrogen and oxygen atoms in total. The van der Waals surface area contributed by atoms with Gasteiger partial charge in [0.1, 0.15) is 0 Å². The van der Waals surface area contributed by atoms with Crippen LogP contribution in [0.2, 0.25) is 10.0 Å². The van der Waals surface area contributed by atoms with E-state index in [1.54, 1.807) is 0 Å². The Morgan fingerprint density at radius 3 is 2.46 bits per heavy atom. The van der Waals surface area contributed by atoms with E-state index in [0.717, 1.165) is 75.1 Å². The second-order valence-corrected chi connectivity index (χ2v) is 13.5. The van der Waals surface area contributed by atoms with Gasteiger partial charge in [0, 0.05) is 59.3 Å². The average Bonchev–Trinajstić information content (AvgIpc) is 3.44. The molecule has 2 saturated heterocycles. The van der Waals surface area contributed by atoms with Crippen LogP contribution in [-0.2, 0) is 16.1 Å². The summed E-state index contributed by atoms with van der Waals surface area (Å²) in [4.78, 5) is 15.1. The summed E-state index contributed by atoms with van der Waals surface area (Å²) < 4.78 is 17.2. The number of ether oxygens (including phenoxy) is 2. The van der Waals surface area contributed by atoms with Gasteiger partial charge in [-0.15, -0.1) is 0 Å². The molecule has 2 aliphatic heterocycles. The highest BCUT2D eigenvalue weighted by atomic mass is 35.5. The molecule has 0 spiro atoms. The van der Waals surface area contributed by atoms with Gasteiger partial charge in [0.15, 0.2) is 0 Å². The van der Waals surface area contributed by atoms with Gasteiger partial charge in [-0.25, -0.2) is 0 Å². The number of nitrogens with zero attached hydrogens (tertiary/aromatic N) is 3. The summed E-state index contributed by atoms with van der Waals surface area (Å²) in [5.74, 6) is 0.441. The molecule has 1 amide bonds. The van der Waals surface area contributed by atoms with Crippen LogP contribution in [0.3, 0.4) is 0 Å². The number of piperidine rings is 1. The third-order valence-corrected chi connectivity index (χ3v) is 10.6. The number of rotatable bonds is 9. The Balaban J connectivity index is 0.971. The van der Waals surface area contributed by atoms with E-state index in [0.29, 0.717) is 45.5 Å². The highest BCUT2D eigenvalue weighted by molar-refractivity contribution is 7.98. The zero-order valence-corrected chi connectivity index (χ0v) is 25.1. The van der Waals surface area contributed by atoms with Crippen LogP contribution in [0.5, 0.6) is 0 Å². The van der Waals surface area contributed by atoms with Crippen LogP contribution >= 0.6 is 35.1 Å². The van der Waals surface area contributed by atoms with Crippen LogP contribution in [0.25, 0.3) is 11.1 Å².